The highest BCUT2D eigenvalue weighted by atomic mass is 16.5. The first-order valence-corrected chi connectivity index (χ1v) is 5.04. The van der Waals surface area contributed by atoms with Crippen molar-refractivity contribution in [1.82, 2.24) is 4.98 Å². The lowest BCUT2D eigenvalue weighted by atomic mass is 10.1. The largest absolute Gasteiger partial charge is 0.462 e. The predicted molar refractivity (Wildman–Crippen MR) is 60.9 cm³/mol. The summed E-state index contributed by atoms with van der Waals surface area (Å²) in [5.74, 6) is -0.328. The summed E-state index contributed by atoms with van der Waals surface area (Å²) in [6.07, 6.45) is 3.01. The molecular weight excluding hydrogens is 204 g/mol. The fraction of sp³-hybridized carbons (Fsp3) is 0.333. The summed E-state index contributed by atoms with van der Waals surface area (Å²) in [4.78, 5) is 14.7. The van der Waals surface area contributed by atoms with E-state index in [9.17, 15) is 4.79 Å². The van der Waals surface area contributed by atoms with Crippen molar-refractivity contribution in [2.75, 3.05) is 6.61 Å². The number of H-pyrrole nitrogens is 1. The van der Waals surface area contributed by atoms with Crippen LogP contribution in [0.4, 0.5) is 0 Å². The van der Waals surface area contributed by atoms with Crippen LogP contribution in [-0.2, 0) is 4.74 Å². The quantitative estimate of drug-likeness (QED) is 0.625. The lowest BCUT2D eigenvalue weighted by molar-refractivity contribution is 0.0525. The average Bonchev–Trinajstić information content (AvgIpc) is 2.51. The van der Waals surface area contributed by atoms with Crippen LogP contribution >= 0.6 is 0 Å². The monoisotopic (exact) mass is 218 g/mol. The highest BCUT2D eigenvalue weighted by molar-refractivity contribution is 5.93. The SMILES string of the molecule is CCOC(=O)c1c(C)[nH]c(C=CC#N)c1C. The predicted octanol–water partition coefficient (Wildman–Crippen LogP) is 2.35. The van der Waals surface area contributed by atoms with Gasteiger partial charge in [0, 0.05) is 17.5 Å². The third kappa shape index (κ3) is 2.31. The van der Waals surface area contributed by atoms with Crippen LogP contribution in [0.15, 0.2) is 6.08 Å². The van der Waals surface area contributed by atoms with Gasteiger partial charge in [0.25, 0.3) is 0 Å². The molecule has 1 heterocycles. The van der Waals surface area contributed by atoms with Crippen LogP contribution in [0, 0.1) is 25.2 Å². The standard InChI is InChI=1S/C12H14N2O2/c1-4-16-12(15)11-8(2)10(6-5-7-13)14-9(11)3/h5-6,14H,4H2,1-3H3. The van der Waals surface area contributed by atoms with E-state index in [4.69, 9.17) is 10.00 Å². The lowest BCUT2D eigenvalue weighted by Gasteiger charge is -2.01. The van der Waals surface area contributed by atoms with Crippen LogP contribution in [0.2, 0.25) is 0 Å². The Hall–Kier alpha value is -2.02. The number of carbonyl (C=O) groups excluding carboxylic acids is 1. The van der Waals surface area contributed by atoms with Gasteiger partial charge in [0.1, 0.15) is 0 Å². The number of esters is 1. The Morgan fingerprint density at radius 3 is 2.81 bits per heavy atom. The second kappa shape index (κ2) is 5.17. The molecule has 1 aromatic heterocycles. The fourth-order valence-corrected chi connectivity index (χ4v) is 1.57. The molecular formula is C12H14N2O2. The van der Waals surface area contributed by atoms with Gasteiger partial charge in [-0.2, -0.15) is 5.26 Å². The van der Waals surface area contributed by atoms with Crippen molar-refractivity contribution in [3.8, 4) is 6.07 Å². The molecule has 0 aliphatic heterocycles. The Morgan fingerprint density at radius 2 is 2.25 bits per heavy atom. The molecule has 0 saturated carbocycles. The normalized spacial score (nSPS) is 10.4. The van der Waals surface area contributed by atoms with Crippen molar-refractivity contribution in [2.24, 2.45) is 0 Å². The van der Waals surface area contributed by atoms with Gasteiger partial charge in [-0.15, -0.1) is 0 Å². The van der Waals surface area contributed by atoms with E-state index < -0.39 is 0 Å². The number of hydrogen-bond donors (Lipinski definition) is 1. The van der Waals surface area contributed by atoms with Crippen molar-refractivity contribution < 1.29 is 9.53 Å². The maximum absolute atomic E-state index is 11.6. The summed E-state index contributed by atoms with van der Waals surface area (Å²) in [5, 5.41) is 8.45. The van der Waals surface area contributed by atoms with Gasteiger partial charge in [0.2, 0.25) is 0 Å². The number of aryl methyl sites for hydroxylation is 1. The zero-order valence-corrected chi connectivity index (χ0v) is 9.63. The minimum absolute atomic E-state index is 0.328. The van der Waals surface area contributed by atoms with Gasteiger partial charge in [0.15, 0.2) is 0 Å². The summed E-state index contributed by atoms with van der Waals surface area (Å²) in [7, 11) is 0. The summed E-state index contributed by atoms with van der Waals surface area (Å²) in [6, 6.07) is 1.91. The maximum Gasteiger partial charge on any atom is 0.340 e. The maximum atomic E-state index is 11.6. The number of allylic oxidation sites excluding steroid dienone is 1. The van der Waals surface area contributed by atoms with E-state index in [2.05, 4.69) is 4.98 Å². The van der Waals surface area contributed by atoms with Crippen LogP contribution in [0.25, 0.3) is 6.08 Å². The van der Waals surface area contributed by atoms with Gasteiger partial charge in [-0.05, 0) is 32.4 Å². The highest BCUT2D eigenvalue weighted by Crippen LogP contribution is 2.19. The molecule has 1 N–H and O–H groups in total. The topological polar surface area (TPSA) is 65.9 Å². The Labute approximate surface area is 94.5 Å². The first kappa shape index (κ1) is 12.1. The molecule has 0 radical (unpaired) electrons. The number of rotatable bonds is 3. The molecule has 0 bridgehead atoms. The number of aromatic nitrogens is 1. The number of nitrogens with one attached hydrogen (secondary N) is 1. The molecule has 0 unspecified atom stereocenters. The molecule has 0 saturated heterocycles. The zero-order valence-electron chi connectivity index (χ0n) is 9.63. The van der Waals surface area contributed by atoms with Gasteiger partial charge in [0.05, 0.1) is 18.2 Å². The van der Waals surface area contributed by atoms with Crippen molar-refractivity contribution in [2.45, 2.75) is 20.8 Å². The number of ether oxygens (including phenoxy) is 1. The molecule has 0 spiro atoms. The molecule has 0 atom stereocenters. The van der Waals surface area contributed by atoms with Gasteiger partial charge in [-0.3, -0.25) is 0 Å². The smallest absolute Gasteiger partial charge is 0.340 e. The van der Waals surface area contributed by atoms with Crippen molar-refractivity contribution in [3.05, 3.63) is 28.6 Å². The van der Waals surface area contributed by atoms with Crippen LogP contribution < -0.4 is 0 Å². The van der Waals surface area contributed by atoms with Gasteiger partial charge < -0.3 is 9.72 Å². The molecule has 1 aromatic rings. The second-order valence-electron chi connectivity index (χ2n) is 3.35. The number of nitrogens with zero attached hydrogens (tertiary/aromatic N) is 1. The van der Waals surface area contributed by atoms with E-state index in [1.165, 1.54) is 6.08 Å². The Kier molecular flexibility index (Phi) is 3.90. The lowest BCUT2D eigenvalue weighted by Crippen LogP contribution is -2.06. The molecule has 0 fully saturated rings. The van der Waals surface area contributed by atoms with Crippen molar-refractivity contribution in [1.29, 1.82) is 5.26 Å². The summed E-state index contributed by atoms with van der Waals surface area (Å²) in [6.45, 7) is 5.76. The molecule has 0 amide bonds. The number of nitriles is 1. The number of carbonyl (C=O) groups is 1. The van der Waals surface area contributed by atoms with Crippen LogP contribution in [-0.4, -0.2) is 17.6 Å². The van der Waals surface area contributed by atoms with Gasteiger partial charge >= 0.3 is 5.97 Å². The molecule has 0 aliphatic carbocycles. The van der Waals surface area contributed by atoms with Gasteiger partial charge in [-0.1, -0.05) is 0 Å². The van der Waals surface area contributed by atoms with Gasteiger partial charge in [-0.25, -0.2) is 4.79 Å². The fourth-order valence-electron chi connectivity index (χ4n) is 1.57. The third-order valence-electron chi connectivity index (χ3n) is 2.28. The Morgan fingerprint density at radius 1 is 1.56 bits per heavy atom. The first-order valence-electron chi connectivity index (χ1n) is 5.04. The van der Waals surface area contributed by atoms with E-state index in [1.807, 2.05) is 19.9 Å². The summed E-state index contributed by atoms with van der Waals surface area (Å²) < 4.78 is 4.96. The molecule has 0 aromatic carbocycles. The van der Waals surface area contributed by atoms with E-state index in [0.29, 0.717) is 12.2 Å². The minimum atomic E-state index is -0.328. The number of hydrogen-bond acceptors (Lipinski definition) is 3. The average molecular weight is 218 g/mol. The summed E-state index contributed by atoms with van der Waals surface area (Å²) >= 11 is 0. The number of aromatic amines is 1. The Balaban J connectivity index is 3.12. The van der Waals surface area contributed by atoms with Crippen LogP contribution in [0.3, 0.4) is 0 Å². The van der Waals surface area contributed by atoms with Crippen LogP contribution in [0.1, 0.15) is 34.2 Å². The second-order valence-corrected chi connectivity index (χ2v) is 3.35. The molecule has 84 valence electrons. The first-order chi connectivity index (χ1) is 7.61. The van der Waals surface area contributed by atoms with E-state index in [1.54, 1.807) is 13.0 Å². The van der Waals surface area contributed by atoms with Crippen LogP contribution in [0.5, 0.6) is 0 Å². The third-order valence-corrected chi connectivity index (χ3v) is 2.28. The van der Waals surface area contributed by atoms with E-state index in [0.717, 1.165) is 17.0 Å². The zero-order chi connectivity index (χ0) is 12.1. The summed E-state index contributed by atoms with van der Waals surface area (Å²) in [5.41, 5.74) is 2.89. The van der Waals surface area contributed by atoms with E-state index >= 15 is 0 Å². The molecule has 16 heavy (non-hydrogen) atoms. The highest BCUT2D eigenvalue weighted by Gasteiger charge is 2.17. The van der Waals surface area contributed by atoms with E-state index in [-0.39, 0.29) is 5.97 Å². The molecule has 1 rings (SSSR count). The molecule has 4 nitrogen and oxygen atoms in total. The van der Waals surface area contributed by atoms with Crippen molar-refractivity contribution >= 4 is 12.0 Å². The minimum Gasteiger partial charge on any atom is -0.462 e. The molecule has 4 heteroatoms. The van der Waals surface area contributed by atoms with Crippen molar-refractivity contribution in [3.63, 3.8) is 0 Å². The Bertz CT molecular complexity index is 464. The molecule has 0 aliphatic rings.